The van der Waals surface area contributed by atoms with Gasteiger partial charge in [-0.2, -0.15) is 0 Å². The normalized spacial score (nSPS) is 10.4. The molecule has 3 rings (SSSR count). The molecule has 0 radical (unpaired) electrons. The maximum absolute atomic E-state index is 13.1. The van der Waals surface area contributed by atoms with E-state index in [1.54, 1.807) is 12.1 Å². The van der Waals surface area contributed by atoms with Crippen molar-refractivity contribution in [3.63, 3.8) is 0 Å². The lowest BCUT2D eigenvalue weighted by Gasteiger charge is -2.11. The summed E-state index contributed by atoms with van der Waals surface area (Å²) in [6.07, 6.45) is 1.01. The van der Waals surface area contributed by atoms with Gasteiger partial charge in [-0.05, 0) is 30.7 Å². The number of hydrogen-bond acceptors (Lipinski definition) is 4. The van der Waals surface area contributed by atoms with E-state index in [1.807, 2.05) is 36.4 Å². The topological polar surface area (TPSA) is 49.8 Å². The molecule has 3 aromatic rings. The van der Waals surface area contributed by atoms with Gasteiger partial charge in [-0.25, -0.2) is 14.4 Å². The maximum atomic E-state index is 13.1. The minimum Gasteiger partial charge on any atom is -0.370 e. The Balaban J connectivity index is 1.93. The highest BCUT2D eigenvalue weighted by Gasteiger charge is 2.07. The molecule has 0 saturated heterocycles. The number of halogens is 1. The zero-order valence-corrected chi connectivity index (χ0v) is 13.5. The highest BCUT2D eigenvalue weighted by Crippen LogP contribution is 2.22. The van der Waals surface area contributed by atoms with E-state index in [0.717, 1.165) is 30.0 Å². The van der Waals surface area contributed by atoms with E-state index >= 15 is 0 Å². The molecular formula is C19H19FN4. The second-order valence-electron chi connectivity index (χ2n) is 5.39. The molecule has 0 aliphatic carbocycles. The van der Waals surface area contributed by atoms with Gasteiger partial charge in [0.15, 0.2) is 5.82 Å². The van der Waals surface area contributed by atoms with Gasteiger partial charge in [0.1, 0.15) is 17.5 Å². The third kappa shape index (κ3) is 4.07. The quantitative estimate of drug-likeness (QED) is 0.681. The number of rotatable bonds is 6. The van der Waals surface area contributed by atoms with Crippen LogP contribution < -0.4 is 10.6 Å². The Kier molecular flexibility index (Phi) is 5.01. The summed E-state index contributed by atoms with van der Waals surface area (Å²) in [5.74, 6) is 1.80. The van der Waals surface area contributed by atoms with Crippen LogP contribution in [0.25, 0.3) is 11.4 Å². The predicted octanol–water partition coefficient (Wildman–Crippen LogP) is 4.85. The van der Waals surface area contributed by atoms with E-state index in [2.05, 4.69) is 27.5 Å². The molecule has 1 heterocycles. The molecule has 0 bridgehead atoms. The standard InChI is InChI=1S/C19H19FN4/c1-2-12-21-17-13-18(22-16-10-8-15(20)9-11-16)24-19(23-17)14-6-4-3-5-7-14/h3-11,13H,2,12H2,1H3,(H2,21,22,23,24). The molecule has 0 saturated carbocycles. The van der Waals surface area contributed by atoms with Crippen molar-refractivity contribution < 1.29 is 4.39 Å². The Morgan fingerprint density at radius 3 is 2.33 bits per heavy atom. The van der Waals surface area contributed by atoms with Crippen LogP contribution in [0.5, 0.6) is 0 Å². The van der Waals surface area contributed by atoms with Crippen LogP contribution in [0.2, 0.25) is 0 Å². The monoisotopic (exact) mass is 322 g/mol. The molecule has 2 N–H and O–H groups in total. The number of nitrogens with zero attached hydrogens (tertiary/aromatic N) is 2. The molecule has 4 nitrogen and oxygen atoms in total. The first-order valence-corrected chi connectivity index (χ1v) is 7.95. The van der Waals surface area contributed by atoms with E-state index in [0.29, 0.717) is 11.6 Å². The number of nitrogens with one attached hydrogen (secondary N) is 2. The fourth-order valence-electron chi connectivity index (χ4n) is 2.25. The van der Waals surface area contributed by atoms with Crippen molar-refractivity contribution in [2.75, 3.05) is 17.2 Å². The smallest absolute Gasteiger partial charge is 0.163 e. The average Bonchev–Trinajstić information content (AvgIpc) is 2.62. The molecule has 0 aliphatic heterocycles. The molecule has 1 aromatic heterocycles. The SMILES string of the molecule is CCCNc1cc(Nc2ccc(F)cc2)nc(-c2ccccc2)n1. The summed E-state index contributed by atoms with van der Waals surface area (Å²) in [7, 11) is 0. The summed E-state index contributed by atoms with van der Waals surface area (Å²) in [4.78, 5) is 9.15. The summed E-state index contributed by atoms with van der Waals surface area (Å²) in [5, 5.41) is 6.49. The molecule has 0 spiro atoms. The summed E-state index contributed by atoms with van der Waals surface area (Å²) in [5.41, 5.74) is 1.72. The molecule has 5 heteroatoms. The van der Waals surface area contributed by atoms with Crippen LogP contribution in [0.15, 0.2) is 60.7 Å². The summed E-state index contributed by atoms with van der Waals surface area (Å²) in [6, 6.07) is 17.9. The Morgan fingerprint density at radius 2 is 1.62 bits per heavy atom. The lowest BCUT2D eigenvalue weighted by atomic mass is 10.2. The molecule has 122 valence electrons. The fraction of sp³-hybridized carbons (Fsp3) is 0.158. The lowest BCUT2D eigenvalue weighted by molar-refractivity contribution is 0.628. The third-order valence-corrected chi connectivity index (χ3v) is 3.43. The third-order valence-electron chi connectivity index (χ3n) is 3.43. The van der Waals surface area contributed by atoms with Gasteiger partial charge in [-0.3, -0.25) is 0 Å². The Morgan fingerprint density at radius 1 is 0.917 bits per heavy atom. The van der Waals surface area contributed by atoms with E-state index in [1.165, 1.54) is 12.1 Å². The molecule has 24 heavy (non-hydrogen) atoms. The van der Waals surface area contributed by atoms with Crippen LogP contribution in [-0.4, -0.2) is 16.5 Å². The number of hydrogen-bond donors (Lipinski definition) is 2. The first kappa shape index (κ1) is 15.9. The van der Waals surface area contributed by atoms with Gasteiger partial charge >= 0.3 is 0 Å². The Labute approximate surface area is 140 Å². The van der Waals surface area contributed by atoms with Crippen LogP contribution >= 0.6 is 0 Å². The summed E-state index contributed by atoms with van der Waals surface area (Å²) in [6.45, 7) is 2.94. The van der Waals surface area contributed by atoms with Crippen molar-refractivity contribution in [2.24, 2.45) is 0 Å². The van der Waals surface area contributed by atoms with Gasteiger partial charge in [-0.1, -0.05) is 37.3 Å². The average molecular weight is 322 g/mol. The highest BCUT2D eigenvalue weighted by atomic mass is 19.1. The molecule has 0 unspecified atom stereocenters. The van der Waals surface area contributed by atoms with Gasteiger partial charge in [0, 0.05) is 23.9 Å². The minimum absolute atomic E-state index is 0.265. The maximum Gasteiger partial charge on any atom is 0.163 e. The van der Waals surface area contributed by atoms with Crippen LogP contribution in [0, 0.1) is 5.82 Å². The van der Waals surface area contributed by atoms with Crippen LogP contribution in [0.1, 0.15) is 13.3 Å². The van der Waals surface area contributed by atoms with Gasteiger partial charge in [0.2, 0.25) is 0 Å². The van der Waals surface area contributed by atoms with Gasteiger partial charge < -0.3 is 10.6 Å². The van der Waals surface area contributed by atoms with Crippen molar-refractivity contribution in [2.45, 2.75) is 13.3 Å². The van der Waals surface area contributed by atoms with Crippen molar-refractivity contribution in [1.82, 2.24) is 9.97 Å². The summed E-state index contributed by atoms with van der Waals surface area (Å²) < 4.78 is 13.1. The van der Waals surface area contributed by atoms with Crippen LogP contribution in [0.3, 0.4) is 0 Å². The molecular weight excluding hydrogens is 303 g/mol. The largest absolute Gasteiger partial charge is 0.370 e. The molecule has 0 fully saturated rings. The van der Waals surface area contributed by atoms with Crippen LogP contribution in [0.4, 0.5) is 21.7 Å². The summed E-state index contributed by atoms with van der Waals surface area (Å²) >= 11 is 0. The Hall–Kier alpha value is -2.95. The van der Waals surface area contributed by atoms with Crippen molar-refractivity contribution >= 4 is 17.3 Å². The zero-order valence-electron chi connectivity index (χ0n) is 13.5. The van der Waals surface area contributed by atoms with E-state index in [4.69, 9.17) is 0 Å². The molecule has 0 atom stereocenters. The van der Waals surface area contributed by atoms with Gasteiger partial charge in [0.25, 0.3) is 0 Å². The number of anilines is 3. The number of benzene rings is 2. The molecule has 2 aromatic carbocycles. The van der Waals surface area contributed by atoms with Gasteiger partial charge in [0.05, 0.1) is 0 Å². The van der Waals surface area contributed by atoms with Crippen molar-refractivity contribution in [1.29, 1.82) is 0 Å². The van der Waals surface area contributed by atoms with Crippen molar-refractivity contribution in [3.8, 4) is 11.4 Å². The predicted molar refractivity (Wildman–Crippen MR) is 95.9 cm³/mol. The number of aromatic nitrogens is 2. The van der Waals surface area contributed by atoms with E-state index < -0.39 is 0 Å². The van der Waals surface area contributed by atoms with E-state index in [9.17, 15) is 4.39 Å². The van der Waals surface area contributed by atoms with Crippen molar-refractivity contribution in [3.05, 3.63) is 66.5 Å². The minimum atomic E-state index is -0.265. The second kappa shape index (κ2) is 7.55. The molecule has 0 amide bonds. The fourth-order valence-corrected chi connectivity index (χ4v) is 2.25. The Bertz CT molecular complexity index is 788. The van der Waals surface area contributed by atoms with E-state index in [-0.39, 0.29) is 5.82 Å². The lowest BCUT2D eigenvalue weighted by Crippen LogP contribution is -2.05. The van der Waals surface area contributed by atoms with Gasteiger partial charge in [-0.15, -0.1) is 0 Å². The second-order valence-corrected chi connectivity index (χ2v) is 5.39. The first-order chi connectivity index (χ1) is 11.7. The molecule has 0 aliphatic rings. The van der Waals surface area contributed by atoms with Crippen LogP contribution in [-0.2, 0) is 0 Å². The first-order valence-electron chi connectivity index (χ1n) is 7.95. The zero-order chi connectivity index (χ0) is 16.8. The highest BCUT2D eigenvalue weighted by molar-refractivity contribution is 5.65.